The van der Waals surface area contributed by atoms with E-state index >= 15 is 0 Å². The lowest BCUT2D eigenvalue weighted by atomic mass is 10.2. The zero-order valence-electron chi connectivity index (χ0n) is 12.5. The molecule has 0 aromatic heterocycles. The van der Waals surface area contributed by atoms with Crippen LogP contribution in [0, 0.1) is 10.1 Å². The molecule has 0 radical (unpaired) electrons. The van der Waals surface area contributed by atoms with Gasteiger partial charge >= 0.3 is 11.8 Å². The normalized spacial score (nSPS) is 15.3. The van der Waals surface area contributed by atoms with Crippen molar-refractivity contribution >= 4 is 23.2 Å². The van der Waals surface area contributed by atoms with Crippen LogP contribution in [0.4, 0.5) is 11.4 Å². The molecule has 0 atom stereocenters. The summed E-state index contributed by atoms with van der Waals surface area (Å²) in [6, 6.07) is 5.42. The molecule has 1 saturated heterocycles. The Balaban J connectivity index is 1.92. The molecule has 23 heavy (non-hydrogen) atoms. The van der Waals surface area contributed by atoms with Crippen LogP contribution in [0.2, 0.25) is 0 Å². The van der Waals surface area contributed by atoms with Crippen molar-refractivity contribution in [2.45, 2.75) is 0 Å². The van der Waals surface area contributed by atoms with Crippen LogP contribution in [0.5, 0.6) is 0 Å². The second-order valence-electron chi connectivity index (χ2n) is 5.12. The number of non-ortho nitro benzene ring substituents is 1. The van der Waals surface area contributed by atoms with E-state index in [9.17, 15) is 19.7 Å². The highest BCUT2D eigenvalue weighted by Crippen LogP contribution is 2.17. The molecule has 2 amide bonds. The highest BCUT2D eigenvalue weighted by molar-refractivity contribution is 6.39. The van der Waals surface area contributed by atoms with Crippen LogP contribution < -0.4 is 5.32 Å². The standard InChI is InChI=1S/C14H18N4O5/c19-9-8-16-4-6-17(7-5-16)14(21)13(20)15-11-2-1-3-12(10-11)18(22)23/h1-3,10,19H,4-9H2,(H,15,20). The molecule has 9 nitrogen and oxygen atoms in total. The Labute approximate surface area is 132 Å². The number of anilines is 1. The first kappa shape index (κ1) is 16.8. The first-order valence-corrected chi connectivity index (χ1v) is 7.19. The topological polar surface area (TPSA) is 116 Å². The molecule has 0 aliphatic carbocycles. The summed E-state index contributed by atoms with van der Waals surface area (Å²) in [4.78, 5) is 37.6. The molecular formula is C14H18N4O5. The molecule has 0 unspecified atom stereocenters. The van der Waals surface area contributed by atoms with Crippen molar-refractivity contribution in [3.8, 4) is 0 Å². The summed E-state index contributed by atoms with van der Waals surface area (Å²) in [6.07, 6.45) is 0. The Hall–Kier alpha value is -2.52. The average molecular weight is 322 g/mol. The molecule has 124 valence electrons. The fourth-order valence-corrected chi connectivity index (χ4v) is 2.34. The zero-order chi connectivity index (χ0) is 16.8. The minimum absolute atomic E-state index is 0.0568. The van der Waals surface area contributed by atoms with Crippen LogP contribution in [0.1, 0.15) is 0 Å². The number of carbonyl (C=O) groups is 2. The predicted molar refractivity (Wildman–Crippen MR) is 81.8 cm³/mol. The SMILES string of the molecule is O=C(Nc1cccc([N+](=O)[O-])c1)C(=O)N1CCN(CCO)CC1. The van der Waals surface area contributed by atoms with Gasteiger partial charge in [0.25, 0.3) is 5.69 Å². The number of nitrogens with one attached hydrogen (secondary N) is 1. The maximum Gasteiger partial charge on any atom is 0.313 e. The maximum atomic E-state index is 12.1. The lowest BCUT2D eigenvalue weighted by molar-refractivity contribution is -0.384. The van der Waals surface area contributed by atoms with Crippen LogP contribution >= 0.6 is 0 Å². The Morgan fingerprint density at radius 2 is 1.96 bits per heavy atom. The van der Waals surface area contributed by atoms with Gasteiger partial charge in [0.1, 0.15) is 0 Å². The Kier molecular flexibility index (Phi) is 5.61. The average Bonchev–Trinajstić information content (AvgIpc) is 2.55. The molecule has 0 bridgehead atoms. The van der Waals surface area contributed by atoms with Gasteiger partial charge in [0.05, 0.1) is 11.5 Å². The van der Waals surface area contributed by atoms with E-state index in [2.05, 4.69) is 5.32 Å². The molecule has 2 N–H and O–H groups in total. The van der Waals surface area contributed by atoms with Gasteiger partial charge in [0, 0.05) is 50.5 Å². The van der Waals surface area contributed by atoms with E-state index in [0.717, 1.165) is 0 Å². The number of nitro benzene ring substituents is 1. The van der Waals surface area contributed by atoms with Crippen LogP contribution in [0.25, 0.3) is 0 Å². The van der Waals surface area contributed by atoms with Gasteiger partial charge in [-0.1, -0.05) is 6.07 Å². The van der Waals surface area contributed by atoms with Crippen LogP contribution in [-0.4, -0.2) is 71.0 Å². The second kappa shape index (κ2) is 7.65. The van der Waals surface area contributed by atoms with Gasteiger partial charge < -0.3 is 15.3 Å². The van der Waals surface area contributed by atoms with Gasteiger partial charge in [-0.25, -0.2) is 0 Å². The molecule has 0 spiro atoms. The van der Waals surface area contributed by atoms with Crippen molar-refractivity contribution in [1.29, 1.82) is 0 Å². The quantitative estimate of drug-likeness (QED) is 0.445. The molecule has 1 aromatic rings. The van der Waals surface area contributed by atoms with Crippen molar-refractivity contribution in [2.75, 3.05) is 44.6 Å². The number of nitro groups is 1. The Bertz CT molecular complexity index is 599. The fraction of sp³-hybridized carbons (Fsp3) is 0.429. The lowest BCUT2D eigenvalue weighted by Gasteiger charge is -2.33. The van der Waals surface area contributed by atoms with E-state index < -0.39 is 16.7 Å². The van der Waals surface area contributed by atoms with Gasteiger partial charge in [-0.15, -0.1) is 0 Å². The number of rotatable bonds is 4. The van der Waals surface area contributed by atoms with Gasteiger partial charge in [0.15, 0.2) is 0 Å². The summed E-state index contributed by atoms with van der Waals surface area (Å²) in [5.41, 5.74) is 0.0457. The van der Waals surface area contributed by atoms with Crippen LogP contribution in [-0.2, 0) is 9.59 Å². The molecular weight excluding hydrogens is 304 g/mol. The first-order chi connectivity index (χ1) is 11.0. The number of piperazine rings is 1. The highest BCUT2D eigenvalue weighted by atomic mass is 16.6. The smallest absolute Gasteiger partial charge is 0.313 e. The molecule has 1 heterocycles. The van der Waals surface area contributed by atoms with Crippen molar-refractivity contribution in [3.05, 3.63) is 34.4 Å². The number of aliphatic hydroxyl groups excluding tert-OH is 1. The molecule has 1 aliphatic rings. The first-order valence-electron chi connectivity index (χ1n) is 7.19. The van der Waals surface area contributed by atoms with Gasteiger partial charge in [0.2, 0.25) is 0 Å². The summed E-state index contributed by atoms with van der Waals surface area (Å²) in [5.74, 6) is -1.48. The molecule has 9 heteroatoms. The van der Waals surface area contributed by atoms with Gasteiger partial charge in [-0.3, -0.25) is 24.6 Å². The minimum Gasteiger partial charge on any atom is -0.395 e. The summed E-state index contributed by atoms with van der Waals surface area (Å²) >= 11 is 0. The highest BCUT2D eigenvalue weighted by Gasteiger charge is 2.26. The Morgan fingerprint density at radius 3 is 2.57 bits per heavy atom. The summed E-state index contributed by atoms with van der Waals surface area (Å²) < 4.78 is 0. The number of aliphatic hydroxyl groups is 1. The number of hydrogen-bond donors (Lipinski definition) is 2. The van der Waals surface area contributed by atoms with Gasteiger partial charge in [-0.2, -0.15) is 0 Å². The van der Waals surface area contributed by atoms with Crippen molar-refractivity contribution in [3.63, 3.8) is 0 Å². The molecule has 1 fully saturated rings. The lowest BCUT2D eigenvalue weighted by Crippen LogP contribution is -2.52. The van der Waals surface area contributed by atoms with Crippen molar-refractivity contribution in [1.82, 2.24) is 9.80 Å². The van der Waals surface area contributed by atoms with E-state index in [0.29, 0.717) is 32.7 Å². The number of carbonyl (C=O) groups excluding carboxylic acids is 2. The monoisotopic (exact) mass is 322 g/mol. The predicted octanol–water partition coefficient (Wildman–Crippen LogP) is -0.330. The second-order valence-corrected chi connectivity index (χ2v) is 5.12. The van der Waals surface area contributed by atoms with E-state index in [1.165, 1.54) is 29.2 Å². The number of nitrogens with zero attached hydrogens (tertiary/aromatic N) is 3. The molecule has 1 aromatic carbocycles. The molecule has 2 rings (SSSR count). The molecule has 0 saturated carbocycles. The summed E-state index contributed by atoms with van der Waals surface area (Å²) in [7, 11) is 0. The largest absolute Gasteiger partial charge is 0.395 e. The Morgan fingerprint density at radius 1 is 1.26 bits per heavy atom. The summed E-state index contributed by atoms with van der Waals surface area (Å²) in [6.45, 7) is 2.60. The van der Waals surface area contributed by atoms with Gasteiger partial charge in [-0.05, 0) is 6.07 Å². The van der Waals surface area contributed by atoms with Crippen molar-refractivity contribution < 1.29 is 19.6 Å². The fourth-order valence-electron chi connectivity index (χ4n) is 2.34. The molecule has 1 aliphatic heterocycles. The van der Waals surface area contributed by atoms with E-state index in [1.54, 1.807) is 0 Å². The van der Waals surface area contributed by atoms with E-state index in [-0.39, 0.29) is 18.0 Å². The number of benzene rings is 1. The third-order valence-electron chi connectivity index (χ3n) is 3.58. The zero-order valence-corrected chi connectivity index (χ0v) is 12.5. The number of amides is 2. The maximum absolute atomic E-state index is 12.1. The summed E-state index contributed by atoms with van der Waals surface area (Å²) in [5, 5.41) is 22.0. The van der Waals surface area contributed by atoms with Crippen LogP contribution in [0.15, 0.2) is 24.3 Å². The number of hydrogen-bond acceptors (Lipinski definition) is 6. The number of β-amino-alcohol motifs (C(OH)–C–C–N with tert-alkyl or cyclic N) is 1. The third-order valence-corrected chi connectivity index (χ3v) is 3.58. The van der Waals surface area contributed by atoms with E-state index in [4.69, 9.17) is 5.11 Å². The van der Waals surface area contributed by atoms with Crippen LogP contribution in [0.3, 0.4) is 0 Å². The van der Waals surface area contributed by atoms with E-state index in [1.807, 2.05) is 4.90 Å². The third kappa shape index (κ3) is 4.47. The van der Waals surface area contributed by atoms with Crippen molar-refractivity contribution in [2.24, 2.45) is 0 Å². The minimum atomic E-state index is -0.818.